The van der Waals surface area contributed by atoms with Gasteiger partial charge >= 0.3 is 0 Å². The van der Waals surface area contributed by atoms with E-state index in [2.05, 4.69) is 68.6 Å². The molecule has 1 fully saturated rings. The fourth-order valence-electron chi connectivity index (χ4n) is 3.19. The molecule has 1 aliphatic rings. The van der Waals surface area contributed by atoms with Gasteiger partial charge in [0, 0.05) is 57.4 Å². The van der Waals surface area contributed by atoms with Crippen molar-refractivity contribution in [3.63, 3.8) is 0 Å². The molecular formula is C21H33IN6S. The van der Waals surface area contributed by atoms with E-state index in [1.54, 1.807) is 18.4 Å². The second kappa shape index (κ2) is 12.5. The largest absolute Gasteiger partial charge is 0.352 e. The number of aryl methyl sites for hydroxylation is 1. The summed E-state index contributed by atoms with van der Waals surface area (Å²) in [6.07, 6.45) is 3.00. The SMILES string of the molecule is CCc1cnc(CNC(=NC)NCc2ccc(CN3CCN(C)CC3)cc2)s1.I. The minimum absolute atomic E-state index is 0. The second-order valence-electron chi connectivity index (χ2n) is 7.25. The first-order valence-electron chi connectivity index (χ1n) is 10.0. The van der Waals surface area contributed by atoms with E-state index in [1.165, 1.54) is 16.0 Å². The number of benzene rings is 1. The summed E-state index contributed by atoms with van der Waals surface area (Å²) in [7, 11) is 4.00. The smallest absolute Gasteiger partial charge is 0.191 e. The van der Waals surface area contributed by atoms with Crippen molar-refractivity contribution in [2.45, 2.75) is 33.0 Å². The van der Waals surface area contributed by atoms with Crippen LogP contribution < -0.4 is 10.6 Å². The fraction of sp³-hybridized carbons (Fsp3) is 0.524. The molecular weight excluding hydrogens is 495 g/mol. The van der Waals surface area contributed by atoms with E-state index in [0.29, 0.717) is 6.54 Å². The van der Waals surface area contributed by atoms with Crippen LogP contribution in [0.3, 0.4) is 0 Å². The summed E-state index contributed by atoms with van der Waals surface area (Å²) in [5, 5.41) is 7.81. The average molecular weight is 529 g/mol. The summed E-state index contributed by atoms with van der Waals surface area (Å²) < 4.78 is 0. The maximum atomic E-state index is 4.44. The highest BCUT2D eigenvalue weighted by Gasteiger charge is 2.13. The van der Waals surface area contributed by atoms with Gasteiger partial charge in [-0.25, -0.2) is 4.98 Å². The second-order valence-corrected chi connectivity index (χ2v) is 8.45. The zero-order chi connectivity index (χ0) is 19.8. The predicted octanol–water partition coefficient (Wildman–Crippen LogP) is 2.94. The summed E-state index contributed by atoms with van der Waals surface area (Å²) in [5.41, 5.74) is 2.64. The molecule has 0 aliphatic carbocycles. The lowest BCUT2D eigenvalue weighted by Crippen LogP contribution is -2.43. The van der Waals surface area contributed by atoms with E-state index < -0.39 is 0 Å². The van der Waals surface area contributed by atoms with Gasteiger partial charge in [0.05, 0.1) is 6.54 Å². The Morgan fingerprint density at radius 3 is 2.34 bits per heavy atom. The number of aliphatic imine (C=N–C) groups is 1. The lowest BCUT2D eigenvalue weighted by atomic mass is 10.1. The topological polar surface area (TPSA) is 55.8 Å². The molecule has 1 aromatic carbocycles. The maximum Gasteiger partial charge on any atom is 0.191 e. The van der Waals surface area contributed by atoms with Crippen LogP contribution in [0.25, 0.3) is 0 Å². The molecule has 0 spiro atoms. The molecule has 1 aromatic heterocycles. The molecule has 160 valence electrons. The van der Waals surface area contributed by atoms with Crippen LogP contribution >= 0.6 is 35.3 Å². The molecule has 1 aliphatic heterocycles. The zero-order valence-corrected chi connectivity index (χ0v) is 20.8. The van der Waals surface area contributed by atoms with Crippen LogP contribution in [0.4, 0.5) is 0 Å². The Labute approximate surface area is 195 Å². The molecule has 6 nitrogen and oxygen atoms in total. The van der Waals surface area contributed by atoms with Crippen LogP contribution in [0.15, 0.2) is 35.5 Å². The van der Waals surface area contributed by atoms with Crippen molar-refractivity contribution in [3.8, 4) is 0 Å². The molecule has 2 heterocycles. The Hall–Kier alpha value is -1.23. The van der Waals surface area contributed by atoms with Crippen LogP contribution in [0.2, 0.25) is 0 Å². The molecule has 2 aromatic rings. The van der Waals surface area contributed by atoms with Crippen molar-refractivity contribution in [3.05, 3.63) is 51.5 Å². The van der Waals surface area contributed by atoms with E-state index in [1.807, 2.05) is 6.20 Å². The molecule has 8 heteroatoms. The third-order valence-corrected chi connectivity index (χ3v) is 6.21. The number of rotatable bonds is 7. The Kier molecular flexibility index (Phi) is 10.3. The number of thiazole rings is 1. The molecule has 3 rings (SSSR count). The van der Waals surface area contributed by atoms with Crippen molar-refractivity contribution in [2.24, 2.45) is 4.99 Å². The average Bonchev–Trinajstić information content (AvgIpc) is 3.19. The van der Waals surface area contributed by atoms with Gasteiger partial charge in [0.15, 0.2) is 5.96 Å². The number of hydrogen-bond acceptors (Lipinski definition) is 5. The first-order chi connectivity index (χ1) is 13.7. The number of guanidine groups is 1. The van der Waals surface area contributed by atoms with Gasteiger partial charge in [-0.15, -0.1) is 35.3 Å². The standard InChI is InChI=1S/C21H32N6S.HI/c1-4-19-14-23-20(28-19)15-25-21(22-2)24-13-17-5-7-18(8-6-17)16-27-11-9-26(3)10-12-27;/h5-8,14H,4,9-13,15-16H2,1-3H3,(H2,22,24,25);1H. The van der Waals surface area contributed by atoms with Crippen molar-refractivity contribution in [1.82, 2.24) is 25.4 Å². The number of halogens is 1. The van der Waals surface area contributed by atoms with E-state index in [0.717, 1.165) is 56.7 Å². The molecule has 0 saturated carbocycles. The number of aromatic nitrogens is 1. The van der Waals surface area contributed by atoms with Crippen LogP contribution in [0.1, 0.15) is 27.9 Å². The van der Waals surface area contributed by atoms with Gasteiger partial charge in [-0.2, -0.15) is 0 Å². The molecule has 29 heavy (non-hydrogen) atoms. The summed E-state index contributed by atoms with van der Waals surface area (Å²) >= 11 is 1.75. The Morgan fingerprint density at radius 2 is 1.72 bits per heavy atom. The predicted molar refractivity (Wildman–Crippen MR) is 133 cm³/mol. The van der Waals surface area contributed by atoms with Gasteiger partial charge in [0.2, 0.25) is 0 Å². The first kappa shape index (κ1) is 24.0. The number of piperazine rings is 1. The lowest BCUT2D eigenvalue weighted by Gasteiger charge is -2.32. The van der Waals surface area contributed by atoms with Crippen LogP contribution in [0.5, 0.6) is 0 Å². The Bertz CT molecular complexity index is 753. The highest BCUT2D eigenvalue weighted by Crippen LogP contribution is 2.13. The van der Waals surface area contributed by atoms with E-state index in [9.17, 15) is 0 Å². The van der Waals surface area contributed by atoms with Gasteiger partial charge in [0.25, 0.3) is 0 Å². The summed E-state index contributed by atoms with van der Waals surface area (Å²) in [5.74, 6) is 0.801. The summed E-state index contributed by atoms with van der Waals surface area (Å²) in [6.45, 7) is 9.28. The third-order valence-electron chi connectivity index (χ3n) is 5.07. The molecule has 0 unspecified atom stereocenters. The van der Waals surface area contributed by atoms with Crippen LogP contribution in [-0.4, -0.2) is 61.0 Å². The number of nitrogens with one attached hydrogen (secondary N) is 2. The molecule has 2 N–H and O–H groups in total. The molecule has 0 bridgehead atoms. The van der Waals surface area contributed by atoms with E-state index >= 15 is 0 Å². The molecule has 0 atom stereocenters. The minimum atomic E-state index is 0. The summed E-state index contributed by atoms with van der Waals surface area (Å²) in [6, 6.07) is 8.90. The van der Waals surface area contributed by atoms with Gasteiger partial charge in [0.1, 0.15) is 5.01 Å². The lowest BCUT2D eigenvalue weighted by molar-refractivity contribution is 0.148. The highest BCUT2D eigenvalue weighted by molar-refractivity contribution is 14.0. The number of likely N-dealkylation sites (N-methyl/N-ethyl adjacent to an activating group) is 1. The molecule has 0 amide bonds. The van der Waals surface area contributed by atoms with Crippen molar-refractivity contribution < 1.29 is 0 Å². The summed E-state index contributed by atoms with van der Waals surface area (Å²) in [4.78, 5) is 15.0. The van der Waals surface area contributed by atoms with Crippen molar-refractivity contribution in [1.29, 1.82) is 0 Å². The molecule has 0 radical (unpaired) electrons. The van der Waals surface area contributed by atoms with E-state index in [-0.39, 0.29) is 24.0 Å². The van der Waals surface area contributed by atoms with Crippen LogP contribution in [-0.2, 0) is 26.1 Å². The Morgan fingerprint density at radius 1 is 1.07 bits per heavy atom. The first-order valence-corrected chi connectivity index (χ1v) is 10.8. The zero-order valence-electron chi connectivity index (χ0n) is 17.6. The highest BCUT2D eigenvalue weighted by atomic mass is 127. The third kappa shape index (κ3) is 7.84. The number of nitrogens with zero attached hydrogens (tertiary/aromatic N) is 4. The maximum absolute atomic E-state index is 4.44. The van der Waals surface area contributed by atoms with Gasteiger partial charge in [-0.1, -0.05) is 31.2 Å². The quantitative estimate of drug-likeness (QED) is 0.329. The van der Waals surface area contributed by atoms with Crippen molar-refractivity contribution >= 4 is 41.3 Å². The van der Waals surface area contributed by atoms with Gasteiger partial charge < -0.3 is 15.5 Å². The van der Waals surface area contributed by atoms with Crippen LogP contribution in [0, 0.1) is 0 Å². The van der Waals surface area contributed by atoms with Gasteiger partial charge in [-0.3, -0.25) is 9.89 Å². The number of hydrogen-bond donors (Lipinski definition) is 2. The van der Waals surface area contributed by atoms with E-state index in [4.69, 9.17) is 0 Å². The minimum Gasteiger partial charge on any atom is -0.352 e. The normalized spacial score (nSPS) is 15.8. The molecule has 1 saturated heterocycles. The Balaban J connectivity index is 0.00000300. The monoisotopic (exact) mass is 528 g/mol. The fourth-order valence-corrected chi connectivity index (χ4v) is 3.99. The van der Waals surface area contributed by atoms with Gasteiger partial charge in [-0.05, 0) is 24.6 Å². The van der Waals surface area contributed by atoms with Crippen molar-refractivity contribution in [2.75, 3.05) is 40.3 Å².